The van der Waals surface area contributed by atoms with Crippen LogP contribution in [0.2, 0.25) is 0 Å². The van der Waals surface area contributed by atoms with Crippen molar-refractivity contribution in [2.24, 2.45) is 11.7 Å². The number of benzene rings is 1. The summed E-state index contributed by atoms with van der Waals surface area (Å²) in [5.41, 5.74) is 6.89. The van der Waals surface area contributed by atoms with E-state index in [1.807, 2.05) is 25.1 Å². The van der Waals surface area contributed by atoms with Gasteiger partial charge in [-0.2, -0.15) is 0 Å². The minimum atomic E-state index is 0.479. The lowest BCUT2D eigenvalue weighted by Gasteiger charge is -2.21. The van der Waals surface area contributed by atoms with Crippen LogP contribution in [0.15, 0.2) is 18.2 Å². The summed E-state index contributed by atoms with van der Waals surface area (Å²) in [4.78, 5) is 0. The van der Waals surface area contributed by atoms with Crippen LogP contribution in [0, 0.1) is 5.92 Å². The lowest BCUT2D eigenvalue weighted by Crippen LogP contribution is -2.29. The van der Waals surface area contributed by atoms with Gasteiger partial charge in [-0.15, -0.1) is 0 Å². The first-order valence-electron chi connectivity index (χ1n) is 7.06. The number of ether oxygens (including phenoxy) is 2. The molecule has 1 aliphatic rings. The number of rotatable bonds is 6. The molecule has 4 heteroatoms. The zero-order valence-corrected chi connectivity index (χ0v) is 11.8. The van der Waals surface area contributed by atoms with Gasteiger partial charge in [0.25, 0.3) is 0 Å². The third kappa shape index (κ3) is 3.32. The van der Waals surface area contributed by atoms with Gasteiger partial charge < -0.3 is 20.5 Å². The third-order valence-corrected chi connectivity index (χ3v) is 3.78. The zero-order valence-electron chi connectivity index (χ0n) is 11.8. The Bertz CT molecular complexity index is 409. The first-order chi connectivity index (χ1) is 9.28. The molecule has 0 saturated heterocycles. The van der Waals surface area contributed by atoms with Crippen molar-refractivity contribution >= 4 is 5.69 Å². The Labute approximate surface area is 115 Å². The Hall–Kier alpha value is -1.42. The summed E-state index contributed by atoms with van der Waals surface area (Å²) in [7, 11) is 1.67. The van der Waals surface area contributed by atoms with Crippen molar-refractivity contribution in [2.45, 2.75) is 32.2 Å². The van der Waals surface area contributed by atoms with E-state index in [2.05, 4.69) is 5.32 Å². The van der Waals surface area contributed by atoms with Crippen LogP contribution < -0.4 is 20.5 Å². The molecule has 2 unspecified atom stereocenters. The molecule has 3 N–H and O–H groups in total. The van der Waals surface area contributed by atoms with Gasteiger partial charge >= 0.3 is 0 Å². The Balaban J connectivity index is 2.08. The number of hydrogen-bond acceptors (Lipinski definition) is 4. The molecular weight excluding hydrogens is 240 g/mol. The lowest BCUT2D eigenvalue weighted by atomic mass is 10.0. The van der Waals surface area contributed by atoms with E-state index < -0.39 is 0 Å². The predicted molar refractivity (Wildman–Crippen MR) is 78.0 cm³/mol. The van der Waals surface area contributed by atoms with Gasteiger partial charge in [0.15, 0.2) is 11.5 Å². The standard InChI is InChI=1S/C15H24N2O2/c1-3-19-14-8-7-12(9-15(14)18-2)17-13-6-4-5-11(13)10-16/h7-9,11,13,17H,3-6,10,16H2,1-2H3. The van der Waals surface area contributed by atoms with E-state index in [1.165, 1.54) is 19.3 Å². The molecule has 0 heterocycles. The van der Waals surface area contributed by atoms with E-state index in [-0.39, 0.29) is 0 Å². The second-order valence-corrected chi connectivity index (χ2v) is 4.98. The second kappa shape index (κ2) is 6.66. The topological polar surface area (TPSA) is 56.5 Å². The molecule has 0 radical (unpaired) electrons. The normalized spacial score (nSPS) is 22.3. The Kier molecular flexibility index (Phi) is 4.91. The van der Waals surface area contributed by atoms with Gasteiger partial charge in [0.05, 0.1) is 13.7 Å². The Morgan fingerprint density at radius 2 is 2.16 bits per heavy atom. The van der Waals surface area contributed by atoms with Crippen LogP contribution in [0.4, 0.5) is 5.69 Å². The maximum Gasteiger partial charge on any atom is 0.162 e. The van der Waals surface area contributed by atoms with Crippen LogP contribution in [-0.4, -0.2) is 26.3 Å². The minimum Gasteiger partial charge on any atom is -0.493 e. The molecule has 19 heavy (non-hydrogen) atoms. The summed E-state index contributed by atoms with van der Waals surface area (Å²) in [5, 5.41) is 3.57. The quantitative estimate of drug-likeness (QED) is 0.829. The Morgan fingerprint density at radius 1 is 1.32 bits per heavy atom. The van der Waals surface area contributed by atoms with Crippen LogP contribution in [0.5, 0.6) is 11.5 Å². The number of methoxy groups -OCH3 is 1. The molecule has 1 aromatic carbocycles. The lowest BCUT2D eigenvalue weighted by molar-refractivity contribution is 0.311. The summed E-state index contributed by atoms with van der Waals surface area (Å²) in [6, 6.07) is 6.47. The number of nitrogens with two attached hydrogens (primary N) is 1. The Morgan fingerprint density at radius 3 is 2.84 bits per heavy atom. The average Bonchev–Trinajstić information content (AvgIpc) is 2.88. The van der Waals surface area contributed by atoms with Crippen molar-refractivity contribution in [3.05, 3.63) is 18.2 Å². The van der Waals surface area contributed by atoms with Gasteiger partial charge in [-0.05, 0) is 44.4 Å². The fourth-order valence-corrected chi connectivity index (χ4v) is 2.76. The van der Waals surface area contributed by atoms with Crippen LogP contribution in [0.1, 0.15) is 26.2 Å². The second-order valence-electron chi connectivity index (χ2n) is 4.98. The summed E-state index contributed by atoms with van der Waals surface area (Å²) in [5.74, 6) is 2.14. The van der Waals surface area contributed by atoms with Gasteiger partial charge in [0.1, 0.15) is 0 Å². The molecular formula is C15H24N2O2. The first-order valence-corrected chi connectivity index (χ1v) is 7.06. The molecule has 2 rings (SSSR count). The minimum absolute atomic E-state index is 0.479. The maximum atomic E-state index is 5.81. The first kappa shape index (κ1) is 14.0. The van der Waals surface area contributed by atoms with E-state index >= 15 is 0 Å². The van der Waals surface area contributed by atoms with Crippen LogP contribution in [-0.2, 0) is 0 Å². The largest absolute Gasteiger partial charge is 0.493 e. The van der Waals surface area contributed by atoms with Crippen molar-refractivity contribution in [1.82, 2.24) is 0 Å². The van der Waals surface area contributed by atoms with E-state index in [9.17, 15) is 0 Å². The molecule has 2 atom stereocenters. The molecule has 1 aliphatic carbocycles. The molecule has 1 aromatic rings. The van der Waals surface area contributed by atoms with Gasteiger partial charge in [-0.25, -0.2) is 0 Å². The number of hydrogen-bond donors (Lipinski definition) is 2. The highest BCUT2D eigenvalue weighted by molar-refractivity contribution is 5.55. The molecule has 0 spiro atoms. The third-order valence-electron chi connectivity index (χ3n) is 3.78. The molecule has 106 valence electrons. The smallest absolute Gasteiger partial charge is 0.162 e. The van der Waals surface area contributed by atoms with Crippen molar-refractivity contribution < 1.29 is 9.47 Å². The van der Waals surface area contributed by atoms with E-state index in [4.69, 9.17) is 15.2 Å². The fraction of sp³-hybridized carbons (Fsp3) is 0.600. The van der Waals surface area contributed by atoms with Gasteiger partial charge in [0, 0.05) is 17.8 Å². The molecule has 1 saturated carbocycles. The maximum absolute atomic E-state index is 5.81. The highest BCUT2D eigenvalue weighted by Gasteiger charge is 2.25. The van der Waals surface area contributed by atoms with Crippen molar-refractivity contribution in [2.75, 3.05) is 25.6 Å². The average molecular weight is 264 g/mol. The van der Waals surface area contributed by atoms with Gasteiger partial charge in [0.2, 0.25) is 0 Å². The number of nitrogens with one attached hydrogen (secondary N) is 1. The van der Waals surface area contributed by atoms with E-state index in [1.54, 1.807) is 7.11 Å². The van der Waals surface area contributed by atoms with Crippen LogP contribution in [0.3, 0.4) is 0 Å². The summed E-state index contributed by atoms with van der Waals surface area (Å²) in [6.45, 7) is 3.36. The number of anilines is 1. The summed E-state index contributed by atoms with van der Waals surface area (Å²) >= 11 is 0. The van der Waals surface area contributed by atoms with Crippen molar-refractivity contribution in [3.63, 3.8) is 0 Å². The fourth-order valence-electron chi connectivity index (χ4n) is 2.76. The molecule has 1 fully saturated rings. The van der Waals surface area contributed by atoms with Crippen molar-refractivity contribution in [3.8, 4) is 11.5 Å². The molecule has 4 nitrogen and oxygen atoms in total. The monoisotopic (exact) mass is 264 g/mol. The van der Waals surface area contributed by atoms with Gasteiger partial charge in [-0.3, -0.25) is 0 Å². The molecule has 0 bridgehead atoms. The molecule has 0 aromatic heterocycles. The highest BCUT2D eigenvalue weighted by Crippen LogP contribution is 2.33. The molecule has 0 amide bonds. The van der Waals surface area contributed by atoms with Gasteiger partial charge in [-0.1, -0.05) is 6.42 Å². The van der Waals surface area contributed by atoms with Crippen molar-refractivity contribution in [1.29, 1.82) is 0 Å². The highest BCUT2D eigenvalue weighted by atomic mass is 16.5. The zero-order chi connectivity index (χ0) is 13.7. The van der Waals surface area contributed by atoms with E-state index in [0.29, 0.717) is 18.6 Å². The van der Waals surface area contributed by atoms with Crippen LogP contribution in [0.25, 0.3) is 0 Å². The summed E-state index contributed by atoms with van der Waals surface area (Å²) in [6.07, 6.45) is 3.67. The SMILES string of the molecule is CCOc1ccc(NC2CCCC2CN)cc1OC. The summed E-state index contributed by atoms with van der Waals surface area (Å²) < 4.78 is 10.9. The predicted octanol–water partition coefficient (Wildman–Crippen LogP) is 2.63. The molecule has 0 aliphatic heterocycles. The van der Waals surface area contributed by atoms with Crippen LogP contribution >= 0.6 is 0 Å². The van der Waals surface area contributed by atoms with E-state index in [0.717, 1.165) is 23.7 Å².